The Morgan fingerprint density at radius 2 is 1.89 bits per heavy atom. The molecule has 2 N–H and O–H groups in total. The number of amides is 1. The van der Waals surface area contributed by atoms with Crippen molar-refractivity contribution in [2.45, 2.75) is 52.7 Å². The minimum atomic E-state index is -1.13. The lowest BCUT2D eigenvalue weighted by atomic mass is 10.0. The smallest absolute Gasteiger partial charge is 0.408 e. The maximum absolute atomic E-state index is 13.8. The molecule has 0 aromatic heterocycles. The van der Waals surface area contributed by atoms with Crippen molar-refractivity contribution >= 4 is 12.1 Å². The number of carbonyl (C=O) groups excluding carboxylic acids is 1. The van der Waals surface area contributed by atoms with Crippen LogP contribution in [0, 0.1) is 5.92 Å². The first-order chi connectivity index (χ1) is 8.53. The molecule has 6 heteroatoms. The Morgan fingerprint density at radius 3 is 2.26 bits per heavy atom. The van der Waals surface area contributed by atoms with Crippen LogP contribution >= 0.6 is 0 Å². The van der Waals surface area contributed by atoms with E-state index >= 15 is 0 Å². The molecule has 110 valence electrons. The van der Waals surface area contributed by atoms with E-state index in [4.69, 9.17) is 9.84 Å². The van der Waals surface area contributed by atoms with Gasteiger partial charge in [0.05, 0.1) is 12.5 Å². The van der Waals surface area contributed by atoms with E-state index in [1.807, 2.05) is 0 Å². The number of alkyl carbamates (subject to hydrolysis) is 1. The molecule has 0 saturated heterocycles. The summed E-state index contributed by atoms with van der Waals surface area (Å²) in [6, 6.07) is -0.894. The van der Waals surface area contributed by atoms with Crippen LogP contribution in [0.4, 0.5) is 9.18 Å². The van der Waals surface area contributed by atoms with Gasteiger partial charge in [-0.15, -0.1) is 0 Å². The largest absolute Gasteiger partial charge is 0.481 e. The number of hydrogen-bond donors (Lipinski definition) is 2. The van der Waals surface area contributed by atoms with E-state index in [2.05, 4.69) is 5.32 Å². The number of ether oxygens (including phenoxy) is 1. The number of rotatable bonds is 5. The number of carboxylic acids is 1. The fraction of sp³-hybridized carbons (Fsp3) is 0.692. The summed E-state index contributed by atoms with van der Waals surface area (Å²) in [5.74, 6) is -2.03. The molecule has 0 radical (unpaired) electrons. The van der Waals surface area contributed by atoms with Crippen LogP contribution in [0.2, 0.25) is 0 Å². The maximum Gasteiger partial charge on any atom is 0.408 e. The van der Waals surface area contributed by atoms with Gasteiger partial charge in [-0.3, -0.25) is 4.79 Å². The topological polar surface area (TPSA) is 75.6 Å². The quantitative estimate of drug-likeness (QED) is 0.809. The molecular weight excluding hydrogens is 253 g/mol. The van der Waals surface area contributed by atoms with E-state index in [0.717, 1.165) is 6.08 Å². The van der Waals surface area contributed by atoms with Crippen molar-refractivity contribution in [2.75, 3.05) is 0 Å². The fourth-order valence-corrected chi connectivity index (χ4v) is 1.30. The molecule has 0 saturated carbocycles. The molecule has 19 heavy (non-hydrogen) atoms. The van der Waals surface area contributed by atoms with E-state index in [0.29, 0.717) is 0 Å². The molecule has 0 aromatic carbocycles. The highest BCUT2D eigenvalue weighted by atomic mass is 19.1. The molecule has 1 atom stereocenters. The minimum Gasteiger partial charge on any atom is -0.481 e. The van der Waals surface area contributed by atoms with Gasteiger partial charge in [-0.05, 0) is 32.8 Å². The minimum absolute atomic E-state index is 0.224. The Hall–Kier alpha value is -1.59. The van der Waals surface area contributed by atoms with Gasteiger partial charge >= 0.3 is 12.1 Å². The first-order valence-electron chi connectivity index (χ1n) is 6.09. The first-order valence-corrected chi connectivity index (χ1v) is 6.09. The third-order valence-electron chi connectivity index (χ3n) is 2.11. The lowest BCUT2D eigenvalue weighted by molar-refractivity contribution is -0.136. The number of carboxylic acid groups (broad SMARTS) is 1. The summed E-state index contributed by atoms with van der Waals surface area (Å²) in [4.78, 5) is 22.0. The van der Waals surface area contributed by atoms with Crippen molar-refractivity contribution in [3.8, 4) is 0 Å². The van der Waals surface area contributed by atoms with Gasteiger partial charge in [-0.1, -0.05) is 13.8 Å². The van der Waals surface area contributed by atoms with E-state index < -0.39 is 36.0 Å². The standard InChI is InChI=1S/C13H22FNO4/c1-8(2)11(9(14)6-7-10(16)17)15-12(18)19-13(3,4)5/h6,8,11H,7H2,1-5H3,(H,15,18)(H,16,17)/b9-6-. The predicted molar refractivity (Wildman–Crippen MR) is 69.4 cm³/mol. The summed E-state index contributed by atoms with van der Waals surface area (Å²) >= 11 is 0. The second kappa shape index (κ2) is 7.11. The summed E-state index contributed by atoms with van der Waals surface area (Å²) in [7, 11) is 0. The Kier molecular flexibility index (Phi) is 6.52. The monoisotopic (exact) mass is 275 g/mol. The second-order valence-corrected chi connectivity index (χ2v) is 5.55. The molecule has 0 rings (SSSR count). The van der Waals surface area contributed by atoms with Gasteiger partial charge in [-0.2, -0.15) is 0 Å². The van der Waals surface area contributed by atoms with Crippen molar-refractivity contribution in [2.24, 2.45) is 5.92 Å². The van der Waals surface area contributed by atoms with E-state index in [1.165, 1.54) is 0 Å². The number of carbonyl (C=O) groups is 2. The molecule has 0 aliphatic carbocycles. The Morgan fingerprint density at radius 1 is 1.37 bits per heavy atom. The van der Waals surface area contributed by atoms with Gasteiger partial charge < -0.3 is 15.2 Å². The third-order valence-corrected chi connectivity index (χ3v) is 2.11. The molecule has 0 aliphatic heterocycles. The van der Waals surface area contributed by atoms with E-state index in [1.54, 1.807) is 34.6 Å². The van der Waals surface area contributed by atoms with Crippen molar-refractivity contribution in [1.82, 2.24) is 5.32 Å². The zero-order valence-corrected chi connectivity index (χ0v) is 12.0. The molecule has 0 heterocycles. The van der Waals surface area contributed by atoms with E-state index in [9.17, 15) is 14.0 Å². The van der Waals surface area contributed by atoms with Gasteiger partial charge in [-0.25, -0.2) is 9.18 Å². The first kappa shape index (κ1) is 17.4. The van der Waals surface area contributed by atoms with Crippen molar-refractivity contribution < 1.29 is 23.8 Å². The van der Waals surface area contributed by atoms with Crippen LogP contribution < -0.4 is 5.32 Å². The summed E-state index contributed by atoms with van der Waals surface area (Å²) in [6.45, 7) is 8.54. The average molecular weight is 275 g/mol. The summed E-state index contributed by atoms with van der Waals surface area (Å²) in [5.41, 5.74) is -0.674. The Labute approximate surface area is 112 Å². The van der Waals surface area contributed by atoms with Gasteiger partial charge in [0.15, 0.2) is 0 Å². The zero-order valence-electron chi connectivity index (χ0n) is 12.0. The number of hydrogen-bond acceptors (Lipinski definition) is 3. The highest BCUT2D eigenvalue weighted by Crippen LogP contribution is 2.16. The maximum atomic E-state index is 13.8. The van der Waals surface area contributed by atoms with Crippen LogP contribution in [0.25, 0.3) is 0 Å². The van der Waals surface area contributed by atoms with Crippen molar-refractivity contribution in [3.63, 3.8) is 0 Å². The summed E-state index contributed by atoms with van der Waals surface area (Å²) < 4.78 is 18.8. The van der Waals surface area contributed by atoms with Crippen LogP contribution in [0.1, 0.15) is 41.0 Å². The van der Waals surface area contributed by atoms with Crippen LogP contribution in [-0.2, 0) is 9.53 Å². The Bertz CT molecular complexity index is 358. The van der Waals surface area contributed by atoms with Crippen LogP contribution in [-0.4, -0.2) is 28.8 Å². The van der Waals surface area contributed by atoms with Crippen LogP contribution in [0.5, 0.6) is 0 Å². The number of aliphatic carboxylic acids is 1. The molecule has 1 amide bonds. The molecule has 0 aliphatic rings. The van der Waals surface area contributed by atoms with Gasteiger partial charge in [0, 0.05) is 0 Å². The zero-order chi connectivity index (χ0) is 15.2. The SMILES string of the molecule is CC(C)C(NC(=O)OC(C)(C)C)/C(F)=C/CC(=O)O. The van der Waals surface area contributed by atoms with Gasteiger partial charge in [0.2, 0.25) is 0 Å². The van der Waals surface area contributed by atoms with Gasteiger partial charge in [0.25, 0.3) is 0 Å². The fourth-order valence-electron chi connectivity index (χ4n) is 1.30. The predicted octanol–water partition coefficient (Wildman–Crippen LogP) is 2.86. The van der Waals surface area contributed by atoms with Gasteiger partial charge in [0.1, 0.15) is 11.4 Å². The summed E-state index contributed by atoms with van der Waals surface area (Å²) in [6.07, 6.45) is -0.208. The highest BCUT2D eigenvalue weighted by molar-refractivity contribution is 5.69. The van der Waals surface area contributed by atoms with Crippen molar-refractivity contribution in [1.29, 1.82) is 0 Å². The molecule has 5 nitrogen and oxygen atoms in total. The number of nitrogens with one attached hydrogen (secondary N) is 1. The molecule has 0 fully saturated rings. The Balaban J connectivity index is 4.71. The molecular formula is C13H22FNO4. The normalized spacial score (nSPS) is 14.2. The van der Waals surface area contributed by atoms with Crippen molar-refractivity contribution in [3.05, 3.63) is 11.9 Å². The lowest BCUT2D eigenvalue weighted by Crippen LogP contribution is -2.42. The third kappa shape index (κ3) is 8.18. The number of halogens is 1. The summed E-state index contributed by atoms with van der Waals surface area (Å²) in [5, 5.41) is 10.9. The lowest BCUT2D eigenvalue weighted by Gasteiger charge is -2.24. The van der Waals surface area contributed by atoms with Crippen LogP contribution in [0.15, 0.2) is 11.9 Å². The highest BCUT2D eigenvalue weighted by Gasteiger charge is 2.24. The molecule has 0 bridgehead atoms. The van der Waals surface area contributed by atoms with E-state index in [-0.39, 0.29) is 5.92 Å². The average Bonchev–Trinajstić information content (AvgIpc) is 2.19. The molecule has 0 aromatic rings. The molecule has 0 spiro atoms. The second-order valence-electron chi connectivity index (χ2n) is 5.55. The molecule has 1 unspecified atom stereocenters. The van der Waals surface area contributed by atoms with Crippen LogP contribution in [0.3, 0.4) is 0 Å².